The molecule has 1 aliphatic heterocycles. The number of amides is 1. The number of aryl methyl sites for hydroxylation is 1. The minimum Gasteiger partial charge on any atom is -0.744 e. The Bertz CT molecular complexity index is 1360. The summed E-state index contributed by atoms with van der Waals surface area (Å²) in [5.41, 5.74) is 0.169. The molecule has 1 unspecified atom stereocenters. The second-order valence-corrected chi connectivity index (χ2v) is 9.62. The molecular formula is C17H13CaClN4O7S2. The van der Waals surface area contributed by atoms with Crippen molar-refractivity contribution in [3.05, 3.63) is 47.0 Å². The molecule has 32 heavy (non-hydrogen) atoms. The number of benzene rings is 2. The molecule has 2 aromatic carbocycles. The van der Waals surface area contributed by atoms with Crippen molar-refractivity contribution in [1.82, 2.24) is 0 Å². The molecule has 11 nitrogen and oxygen atoms in total. The Morgan fingerprint density at radius 3 is 2.31 bits per heavy atom. The second kappa shape index (κ2) is 9.81. The number of nitrogens with zero attached hydrogens (tertiary/aromatic N) is 4. The summed E-state index contributed by atoms with van der Waals surface area (Å²) >= 11 is 5.97. The molecule has 1 aliphatic rings. The predicted molar refractivity (Wildman–Crippen MR) is 113 cm³/mol. The van der Waals surface area contributed by atoms with Gasteiger partial charge < -0.3 is 9.11 Å². The minimum atomic E-state index is -4.89. The number of hydrogen-bond donors (Lipinski definition) is 0. The Kier molecular flexibility index (Phi) is 8.22. The summed E-state index contributed by atoms with van der Waals surface area (Å²) in [7, 11) is -9.64. The first-order valence-corrected chi connectivity index (χ1v) is 11.6. The Balaban J connectivity index is 0.00000363. The first-order valence-electron chi connectivity index (χ1n) is 8.41. The molecule has 3 rings (SSSR count). The summed E-state index contributed by atoms with van der Waals surface area (Å²) in [6, 6.07) is 5.62. The molecule has 15 heteroatoms. The van der Waals surface area contributed by atoms with Crippen LogP contribution in [0.4, 0.5) is 11.4 Å². The maximum Gasteiger partial charge on any atom is 2.00 e. The van der Waals surface area contributed by atoms with E-state index in [-0.39, 0.29) is 59.8 Å². The number of rotatable bonds is 5. The van der Waals surface area contributed by atoms with E-state index in [9.17, 15) is 30.7 Å². The summed E-state index contributed by atoms with van der Waals surface area (Å²) < 4.78 is 68.2. The van der Waals surface area contributed by atoms with Crippen LogP contribution in [-0.2, 0) is 25.0 Å². The van der Waals surface area contributed by atoms with Gasteiger partial charge in [-0.15, -0.1) is 0 Å². The SMILES string of the molecule is CC1=NN(c2cccc(S(=O)(=O)[O-])c2)C(=O)C1N=Nc1cc(Cl)c(C)cc1S(=O)(=O)[O-].[Ca+2]. The first kappa shape index (κ1) is 26.8. The van der Waals surface area contributed by atoms with Crippen LogP contribution in [0.15, 0.2) is 61.5 Å². The molecule has 0 fully saturated rings. The topological polar surface area (TPSA) is 172 Å². The second-order valence-electron chi connectivity index (χ2n) is 6.48. The first-order chi connectivity index (χ1) is 14.3. The van der Waals surface area contributed by atoms with E-state index in [1.165, 1.54) is 26.0 Å². The molecule has 0 aromatic heterocycles. The van der Waals surface area contributed by atoms with Gasteiger partial charge in [0.2, 0.25) is 0 Å². The van der Waals surface area contributed by atoms with Gasteiger partial charge in [-0.3, -0.25) is 4.79 Å². The Morgan fingerprint density at radius 2 is 1.72 bits per heavy atom. The van der Waals surface area contributed by atoms with E-state index < -0.39 is 42.0 Å². The summed E-state index contributed by atoms with van der Waals surface area (Å²) in [4.78, 5) is 11.5. The molecule has 1 heterocycles. The van der Waals surface area contributed by atoms with Gasteiger partial charge in [0.1, 0.15) is 25.9 Å². The molecule has 0 aliphatic carbocycles. The van der Waals surface area contributed by atoms with Gasteiger partial charge in [0.05, 0.1) is 21.2 Å². The summed E-state index contributed by atoms with van der Waals surface area (Å²) in [6.45, 7) is 2.95. The average Bonchev–Trinajstić information content (AvgIpc) is 2.95. The third kappa shape index (κ3) is 5.72. The Labute approximate surface area is 218 Å². The molecule has 0 N–H and O–H groups in total. The van der Waals surface area contributed by atoms with Crippen LogP contribution >= 0.6 is 11.6 Å². The zero-order valence-corrected chi connectivity index (χ0v) is 21.2. The van der Waals surface area contributed by atoms with Gasteiger partial charge in [-0.1, -0.05) is 17.7 Å². The number of carbonyl (C=O) groups excluding carboxylic acids is 1. The van der Waals surface area contributed by atoms with Crippen molar-refractivity contribution >= 4 is 92.6 Å². The molecule has 0 saturated carbocycles. The minimum absolute atomic E-state index is 0. The quantitative estimate of drug-likeness (QED) is 0.326. The van der Waals surface area contributed by atoms with Gasteiger partial charge in [-0.05, 0) is 49.7 Å². The normalized spacial score (nSPS) is 16.9. The van der Waals surface area contributed by atoms with E-state index in [1.807, 2.05) is 0 Å². The largest absolute Gasteiger partial charge is 2.00 e. The molecular weight excluding hydrogens is 512 g/mol. The summed E-state index contributed by atoms with van der Waals surface area (Å²) in [5, 5.41) is 12.5. The molecule has 1 atom stereocenters. The van der Waals surface area contributed by atoms with Gasteiger partial charge >= 0.3 is 37.7 Å². The van der Waals surface area contributed by atoms with E-state index in [4.69, 9.17) is 11.6 Å². The molecule has 0 radical (unpaired) electrons. The van der Waals surface area contributed by atoms with E-state index >= 15 is 0 Å². The van der Waals surface area contributed by atoms with Crippen molar-refractivity contribution in [2.45, 2.75) is 29.7 Å². The number of azo groups is 1. The van der Waals surface area contributed by atoms with Crippen molar-refractivity contribution in [2.75, 3.05) is 5.01 Å². The van der Waals surface area contributed by atoms with Crippen LogP contribution in [0.25, 0.3) is 0 Å². The van der Waals surface area contributed by atoms with Crippen LogP contribution in [0, 0.1) is 6.92 Å². The van der Waals surface area contributed by atoms with Crippen molar-refractivity contribution in [2.24, 2.45) is 15.3 Å². The van der Waals surface area contributed by atoms with E-state index in [1.54, 1.807) is 0 Å². The standard InChI is InChI=1S/C17H15ClN4O7S2.Ca/c1-9-6-15(31(27,28)29)14(8-13(9)18)19-20-16-10(2)21-22(17(16)23)11-4-3-5-12(7-11)30(24,25)26;/h3-8,16H,1-2H3,(H,24,25,26)(H,27,28,29);/q;+2/p-2. The number of carbonyl (C=O) groups is 1. The number of halogens is 1. The fourth-order valence-electron chi connectivity index (χ4n) is 2.69. The smallest absolute Gasteiger partial charge is 0.744 e. The zero-order valence-electron chi connectivity index (χ0n) is 16.6. The average molecular weight is 525 g/mol. The number of hydrogen-bond acceptors (Lipinski definition) is 10. The maximum absolute atomic E-state index is 12.7. The van der Waals surface area contributed by atoms with Gasteiger partial charge in [0.15, 0.2) is 6.04 Å². The molecule has 0 saturated heterocycles. The van der Waals surface area contributed by atoms with Crippen molar-refractivity contribution in [3.63, 3.8) is 0 Å². The molecule has 0 spiro atoms. The van der Waals surface area contributed by atoms with Crippen molar-refractivity contribution in [3.8, 4) is 0 Å². The van der Waals surface area contributed by atoms with E-state index in [0.717, 1.165) is 29.3 Å². The van der Waals surface area contributed by atoms with E-state index in [2.05, 4.69) is 15.3 Å². The van der Waals surface area contributed by atoms with Crippen molar-refractivity contribution < 1.29 is 30.7 Å². The van der Waals surface area contributed by atoms with Gasteiger partial charge in [0.25, 0.3) is 5.91 Å². The third-order valence-corrected chi connectivity index (χ3v) is 6.34. The fourth-order valence-corrected chi connectivity index (χ4v) is 4.03. The zero-order chi connectivity index (χ0) is 23.1. The van der Waals surface area contributed by atoms with Gasteiger partial charge in [-0.2, -0.15) is 20.3 Å². The maximum atomic E-state index is 12.7. The Hall–Kier alpha value is -1.45. The van der Waals surface area contributed by atoms with Crippen LogP contribution in [-0.4, -0.2) is 81.3 Å². The molecule has 164 valence electrons. The van der Waals surface area contributed by atoms with Crippen LogP contribution in [0.2, 0.25) is 5.02 Å². The Morgan fingerprint density at radius 1 is 1.06 bits per heavy atom. The van der Waals surface area contributed by atoms with Gasteiger partial charge in [-0.25, -0.2) is 16.8 Å². The summed E-state index contributed by atoms with van der Waals surface area (Å²) in [5.74, 6) is -0.730. The van der Waals surface area contributed by atoms with Crippen LogP contribution in [0.3, 0.4) is 0 Å². The van der Waals surface area contributed by atoms with E-state index in [0.29, 0.717) is 5.56 Å². The molecule has 1 amide bonds. The monoisotopic (exact) mass is 524 g/mol. The summed E-state index contributed by atoms with van der Waals surface area (Å²) in [6.07, 6.45) is 0. The third-order valence-electron chi connectivity index (χ3n) is 4.24. The predicted octanol–water partition coefficient (Wildman–Crippen LogP) is 1.95. The molecule has 2 aromatic rings. The van der Waals surface area contributed by atoms with Crippen LogP contribution in [0.5, 0.6) is 0 Å². The molecule has 0 bridgehead atoms. The fraction of sp³-hybridized carbons (Fsp3) is 0.176. The van der Waals surface area contributed by atoms with Crippen LogP contribution in [0.1, 0.15) is 12.5 Å². The van der Waals surface area contributed by atoms with Crippen LogP contribution < -0.4 is 5.01 Å². The van der Waals surface area contributed by atoms with Crippen molar-refractivity contribution in [1.29, 1.82) is 0 Å². The van der Waals surface area contributed by atoms with Gasteiger partial charge in [0, 0.05) is 5.02 Å². The number of anilines is 1. The number of hydrazone groups is 1.